The van der Waals surface area contributed by atoms with Crippen LogP contribution in [0.2, 0.25) is 0 Å². The number of non-ortho nitro benzene ring substituents is 1. The number of nitro groups is 1. The van der Waals surface area contributed by atoms with Crippen molar-refractivity contribution in [2.24, 2.45) is 10.2 Å². The van der Waals surface area contributed by atoms with E-state index in [1.807, 2.05) is 13.0 Å². The zero-order valence-electron chi connectivity index (χ0n) is 15.4. The molecule has 10 heteroatoms. The third kappa shape index (κ3) is 3.98. The monoisotopic (exact) mass is 385 g/mol. The lowest BCUT2D eigenvalue weighted by molar-refractivity contribution is -0.384. The van der Waals surface area contributed by atoms with E-state index in [0.29, 0.717) is 6.42 Å². The van der Waals surface area contributed by atoms with Gasteiger partial charge in [0.05, 0.1) is 11.0 Å². The Labute approximate surface area is 160 Å². The van der Waals surface area contributed by atoms with E-state index >= 15 is 0 Å². The number of nitriles is 1. The molecule has 1 aromatic carbocycles. The first-order valence-electron chi connectivity index (χ1n) is 8.63. The van der Waals surface area contributed by atoms with Crippen LogP contribution in [0.4, 0.5) is 17.1 Å². The molecule has 0 fully saturated rings. The van der Waals surface area contributed by atoms with E-state index in [1.54, 1.807) is 6.92 Å². The lowest BCUT2D eigenvalue weighted by atomic mass is 10.1. The molecule has 0 saturated heterocycles. The molecular weight excluding hydrogens is 366 g/mol. The van der Waals surface area contributed by atoms with Crippen molar-refractivity contribution < 1.29 is 15.1 Å². The molecule has 2 N–H and O–H groups in total. The fraction of sp³-hybridized carbons (Fsp3) is 0.333. The van der Waals surface area contributed by atoms with E-state index in [2.05, 4.69) is 10.2 Å². The molecule has 2 aromatic rings. The molecule has 1 heterocycles. The molecular formula is C18H19N5O5. The summed E-state index contributed by atoms with van der Waals surface area (Å²) < 4.78 is 1.07. The largest absolute Gasteiger partial charge is 0.505 e. The Kier molecular flexibility index (Phi) is 6.44. The number of phenols is 1. The fourth-order valence-corrected chi connectivity index (χ4v) is 2.64. The van der Waals surface area contributed by atoms with Crippen LogP contribution in [0.1, 0.15) is 37.8 Å². The minimum Gasteiger partial charge on any atom is -0.505 e. The first-order valence-corrected chi connectivity index (χ1v) is 8.63. The van der Waals surface area contributed by atoms with Crippen LogP contribution >= 0.6 is 0 Å². The average molecular weight is 385 g/mol. The molecule has 0 radical (unpaired) electrons. The summed E-state index contributed by atoms with van der Waals surface area (Å²) in [6.07, 6.45) is 1.64. The third-order valence-electron chi connectivity index (χ3n) is 4.14. The molecule has 146 valence electrons. The predicted octanol–water partition coefficient (Wildman–Crippen LogP) is 3.82. The van der Waals surface area contributed by atoms with Gasteiger partial charge in [0.1, 0.15) is 23.1 Å². The maximum atomic E-state index is 12.8. The summed E-state index contributed by atoms with van der Waals surface area (Å²) in [7, 11) is 0. The maximum absolute atomic E-state index is 12.8. The highest BCUT2D eigenvalue weighted by Crippen LogP contribution is 2.33. The lowest BCUT2D eigenvalue weighted by Crippen LogP contribution is -2.22. The van der Waals surface area contributed by atoms with Gasteiger partial charge in [-0.25, -0.2) is 0 Å². The Balaban J connectivity index is 2.61. The van der Waals surface area contributed by atoms with Crippen molar-refractivity contribution in [3.05, 3.63) is 49.8 Å². The van der Waals surface area contributed by atoms with Gasteiger partial charge >= 0.3 is 0 Å². The summed E-state index contributed by atoms with van der Waals surface area (Å²) in [5.41, 5.74) is -0.927. The van der Waals surface area contributed by atoms with Gasteiger partial charge in [0.15, 0.2) is 5.69 Å². The SMILES string of the molecule is CCCCn1c(O)c(C#N)c(CC)c(N=Nc2ccc([N+](=O)[O-])cc2O)c1=O. The summed E-state index contributed by atoms with van der Waals surface area (Å²) in [4.78, 5) is 22.9. The van der Waals surface area contributed by atoms with Gasteiger partial charge in [-0.1, -0.05) is 20.3 Å². The van der Waals surface area contributed by atoms with Gasteiger partial charge in [0, 0.05) is 18.2 Å². The van der Waals surface area contributed by atoms with E-state index in [1.165, 1.54) is 6.07 Å². The fourth-order valence-electron chi connectivity index (χ4n) is 2.64. The third-order valence-corrected chi connectivity index (χ3v) is 4.14. The Morgan fingerprint density at radius 3 is 2.54 bits per heavy atom. The Hall–Kier alpha value is -3.74. The van der Waals surface area contributed by atoms with Gasteiger partial charge in [0.2, 0.25) is 5.88 Å². The number of nitrogens with zero attached hydrogens (tertiary/aromatic N) is 5. The molecule has 0 amide bonds. The van der Waals surface area contributed by atoms with Crippen molar-refractivity contribution in [3.63, 3.8) is 0 Å². The second-order valence-corrected chi connectivity index (χ2v) is 5.93. The highest BCUT2D eigenvalue weighted by atomic mass is 16.6. The van der Waals surface area contributed by atoms with Crippen molar-refractivity contribution in [3.8, 4) is 17.7 Å². The summed E-state index contributed by atoms with van der Waals surface area (Å²) in [6.45, 7) is 3.84. The smallest absolute Gasteiger partial charge is 0.281 e. The zero-order valence-corrected chi connectivity index (χ0v) is 15.4. The topological polar surface area (TPSA) is 154 Å². The number of benzene rings is 1. The quantitative estimate of drug-likeness (QED) is 0.419. The summed E-state index contributed by atoms with van der Waals surface area (Å²) in [6, 6.07) is 5.16. The van der Waals surface area contributed by atoms with E-state index in [-0.39, 0.29) is 41.2 Å². The van der Waals surface area contributed by atoms with E-state index < -0.39 is 22.1 Å². The molecule has 0 unspecified atom stereocenters. The lowest BCUT2D eigenvalue weighted by Gasteiger charge is -2.13. The van der Waals surface area contributed by atoms with Crippen molar-refractivity contribution in [1.29, 1.82) is 5.26 Å². The second-order valence-electron chi connectivity index (χ2n) is 5.93. The molecule has 0 atom stereocenters. The highest BCUT2D eigenvalue weighted by molar-refractivity contribution is 5.59. The van der Waals surface area contributed by atoms with Crippen molar-refractivity contribution in [2.45, 2.75) is 39.7 Å². The predicted molar refractivity (Wildman–Crippen MR) is 100 cm³/mol. The Morgan fingerprint density at radius 2 is 2.00 bits per heavy atom. The van der Waals surface area contributed by atoms with Crippen LogP contribution in [-0.2, 0) is 13.0 Å². The molecule has 0 bridgehead atoms. The molecule has 0 saturated carbocycles. The molecule has 0 aliphatic carbocycles. The highest BCUT2D eigenvalue weighted by Gasteiger charge is 2.20. The van der Waals surface area contributed by atoms with Crippen LogP contribution in [0.5, 0.6) is 11.6 Å². The Bertz CT molecular complexity index is 1040. The van der Waals surface area contributed by atoms with Crippen LogP contribution in [0.25, 0.3) is 0 Å². The first kappa shape index (κ1) is 20.6. The van der Waals surface area contributed by atoms with Crippen LogP contribution in [0, 0.1) is 21.4 Å². The molecule has 28 heavy (non-hydrogen) atoms. The van der Waals surface area contributed by atoms with Crippen LogP contribution in [0.15, 0.2) is 33.2 Å². The molecule has 1 aromatic heterocycles. The van der Waals surface area contributed by atoms with Crippen molar-refractivity contribution in [2.75, 3.05) is 0 Å². The van der Waals surface area contributed by atoms with E-state index in [4.69, 9.17) is 0 Å². The standard InChI is InChI=1S/C18H19N5O5/c1-3-5-8-22-17(25)13(10-19)12(4-2)16(18(22)26)21-20-14-7-6-11(23(27)28)9-15(14)24/h6-7,9,24-25H,3-5,8H2,1-2H3. The van der Waals surface area contributed by atoms with Gasteiger partial charge in [0.25, 0.3) is 11.2 Å². The minimum atomic E-state index is -0.665. The van der Waals surface area contributed by atoms with Gasteiger partial charge in [-0.15, -0.1) is 10.2 Å². The minimum absolute atomic E-state index is 0.0555. The van der Waals surface area contributed by atoms with Crippen LogP contribution in [-0.4, -0.2) is 19.7 Å². The molecule has 0 aliphatic heterocycles. The van der Waals surface area contributed by atoms with E-state index in [9.17, 15) is 30.4 Å². The number of rotatable bonds is 7. The first-order chi connectivity index (χ1) is 13.3. The summed E-state index contributed by atoms with van der Waals surface area (Å²) in [5, 5.41) is 48.1. The van der Waals surface area contributed by atoms with E-state index in [0.717, 1.165) is 23.1 Å². The number of unbranched alkanes of at least 4 members (excludes halogenated alkanes) is 1. The van der Waals surface area contributed by atoms with Crippen molar-refractivity contribution in [1.82, 2.24) is 4.57 Å². The molecule has 2 rings (SSSR count). The molecule has 0 aliphatic rings. The number of aromatic hydroxyl groups is 2. The van der Waals surface area contributed by atoms with Crippen LogP contribution < -0.4 is 5.56 Å². The average Bonchev–Trinajstić information content (AvgIpc) is 2.67. The molecule has 10 nitrogen and oxygen atoms in total. The zero-order chi connectivity index (χ0) is 20.8. The number of hydrogen-bond acceptors (Lipinski definition) is 8. The van der Waals surface area contributed by atoms with Gasteiger partial charge in [-0.2, -0.15) is 5.26 Å². The van der Waals surface area contributed by atoms with Crippen molar-refractivity contribution >= 4 is 17.1 Å². The number of pyridine rings is 1. The maximum Gasteiger partial charge on any atom is 0.281 e. The number of hydrogen-bond donors (Lipinski definition) is 2. The normalized spacial score (nSPS) is 10.9. The Morgan fingerprint density at radius 1 is 1.29 bits per heavy atom. The number of nitro benzene ring substituents is 1. The summed E-state index contributed by atoms with van der Waals surface area (Å²) >= 11 is 0. The number of aromatic nitrogens is 1. The molecule has 0 spiro atoms. The van der Waals surface area contributed by atoms with Crippen LogP contribution in [0.3, 0.4) is 0 Å². The number of azo groups is 1. The second kappa shape index (κ2) is 8.77. The van der Waals surface area contributed by atoms with Gasteiger partial charge in [-0.3, -0.25) is 19.5 Å². The van der Waals surface area contributed by atoms with Gasteiger partial charge in [-0.05, 0) is 18.9 Å². The van der Waals surface area contributed by atoms with Gasteiger partial charge < -0.3 is 10.2 Å². The summed E-state index contributed by atoms with van der Waals surface area (Å²) in [5.74, 6) is -0.878. The number of phenolic OH excluding ortho intramolecular Hbond substituents is 1.